The number of hydrogen-bond acceptors (Lipinski definition) is 10. The average Bonchev–Trinajstić information content (AvgIpc) is 2.18. The van der Waals surface area contributed by atoms with E-state index >= 15 is 0 Å². The van der Waals surface area contributed by atoms with Crippen molar-refractivity contribution in [2.24, 2.45) is 0 Å². The first-order valence-corrected chi connectivity index (χ1v) is 37.9. The van der Waals surface area contributed by atoms with Crippen LogP contribution in [0.25, 0.3) is 0 Å². The van der Waals surface area contributed by atoms with Crippen molar-refractivity contribution in [2.75, 3.05) is 13.2 Å². The van der Waals surface area contributed by atoms with Crippen LogP contribution < -0.4 is 5.32 Å². The van der Waals surface area contributed by atoms with E-state index in [-0.39, 0.29) is 19.4 Å². The van der Waals surface area contributed by atoms with E-state index < -0.39 is 67.4 Å². The summed E-state index contributed by atoms with van der Waals surface area (Å²) in [5, 5.41) is 57.3. The first kappa shape index (κ1) is 84.9. The fourth-order valence-corrected chi connectivity index (χ4v) is 11.6. The highest BCUT2D eigenvalue weighted by Crippen LogP contribution is 2.26. The van der Waals surface area contributed by atoms with E-state index in [0.717, 1.165) is 89.9 Å². The van der Waals surface area contributed by atoms with Gasteiger partial charge in [0, 0.05) is 6.42 Å². The standard InChI is InChI=1S/C79H141NO10/c1-4-7-10-13-16-19-22-25-27-29-31-33-35-37-39-41-43-45-47-49-52-55-58-61-64-67-74(84)90-77-76(86)75(85)73(68-81)89-79(77)88-69-70(71(82)65-62-59-56-53-50-24-21-18-15-12-9-6-3)80-78(87)72(83)66-63-60-57-54-51-48-46-44-42-40-38-36-34-32-30-28-26-23-20-17-14-11-8-5-2/h16-17,19-20,25-28,32,34,38,40,62,65,70-73,75-77,79,81-83,85-86H,4-15,18,21-24,29-31,33,35-37,39,41-61,63-64,66-69H2,1-3H3,(H,80,87)/b19-16-,20-17-,27-25-,28-26-,34-32-,40-38-,65-62+. The number of allylic oxidation sites excluding steroid dienone is 13. The lowest BCUT2D eigenvalue weighted by Gasteiger charge is -2.41. The Morgan fingerprint density at radius 3 is 1.17 bits per heavy atom. The molecule has 0 aromatic rings. The molecular formula is C79H141NO10. The number of carbonyl (C=O) groups is 2. The van der Waals surface area contributed by atoms with E-state index in [9.17, 15) is 35.1 Å². The van der Waals surface area contributed by atoms with Crippen molar-refractivity contribution >= 4 is 11.9 Å². The zero-order valence-electron chi connectivity index (χ0n) is 58.2. The zero-order valence-corrected chi connectivity index (χ0v) is 58.2. The maximum atomic E-state index is 13.5. The SMILES string of the molecule is CCCCC/C=C\C/C=C\C/C=C\C/C=C\CCCCCCCCCCC(O)C(=O)NC(COC1OC(CO)C(O)C(O)C1OC(=O)CCCCCCCCCCCCCCCCC/C=C\C/C=C\CCCCC)C(O)/C=C/CCCCCCCCCCCC. The van der Waals surface area contributed by atoms with Gasteiger partial charge in [-0.15, -0.1) is 0 Å². The Kier molecular flexibility index (Phi) is 62.1. The fraction of sp³-hybridized carbons (Fsp3) is 0.797. The third kappa shape index (κ3) is 52.2. The summed E-state index contributed by atoms with van der Waals surface area (Å²) in [6, 6.07) is -1.03. The predicted octanol–water partition coefficient (Wildman–Crippen LogP) is 20.0. The minimum atomic E-state index is -1.62. The smallest absolute Gasteiger partial charge is 0.306 e. The number of nitrogens with one attached hydrogen (secondary N) is 1. The van der Waals surface area contributed by atoms with E-state index in [4.69, 9.17) is 14.2 Å². The van der Waals surface area contributed by atoms with Crippen molar-refractivity contribution in [2.45, 2.75) is 391 Å². The number of carbonyl (C=O) groups excluding carboxylic acids is 2. The summed E-state index contributed by atoms with van der Waals surface area (Å²) in [5.41, 5.74) is 0. The van der Waals surface area contributed by atoms with Gasteiger partial charge >= 0.3 is 5.97 Å². The van der Waals surface area contributed by atoms with Gasteiger partial charge in [0.05, 0.1) is 25.4 Å². The normalized spacial score (nSPS) is 18.5. The summed E-state index contributed by atoms with van der Waals surface area (Å²) in [7, 11) is 0. The highest BCUT2D eigenvalue weighted by Gasteiger charge is 2.47. The van der Waals surface area contributed by atoms with Crippen LogP contribution in [0.15, 0.2) is 85.1 Å². The molecule has 0 aliphatic carbocycles. The molecule has 11 nitrogen and oxygen atoms in total. The molecule has 6 N–H and O–H groups in total. The molecule has 1 fully saturated rings. The molecule has 0 aromatic heterocycles. The Morgan fingerprint density at radius 1 is 0.433 bits per heavy atom. The second kappa shape index (κ2) is 65.9. The van der Waals surface area contributed by atoms with Gasteiger partial charge < -0.3 is 45.1 Å². The van der Waals surface area contributed by atoms with Crippen LogP contribution in [-0.2, 0) is 23.8 Å². The van der Waals surface area contributed by atoms with Crippen LogP contribution in [0.1, 0.15) is 342 Å². The Labute approximate surface area is 553 Å². The molecule has 1 rings (SSSR count). The first-order valence-electron chi connectivity index (χ1n) is 37.9. The van der Waals surface area contributed by atoms with E-state index in [1.165, 1.54) is 205 Å². The maximum Gasteiger partial charge on any atom is 0.306 e. The van der Waals surface area contributed by atoms with Gasteiger partial charge in [-0.25, -0.2) is 0 Å². The van der Waals surface area contributed by atoms with Gasteiger partial charge in [-0.3, -0.25) is 9.59 Å². The molecule has 90 heavy (non-hydrogen) atoms. The van der Waals surface area contributed by atoms with Crippen LogP contribution in [0, 0.1) is 0 Å². The monoisotopic (exact) mass is 1260 g/mol. The van der Waals surface area contributed by atoms with E-state index in [1.807, 2.05) is 6.08 Å². The van der Waals surface area contributed by atoms with Gasteiger partial charge in [-0.2, -0.15) is 0 Å². The summed E-state index contributed by atoms with van der Waals surface area (Å²) in [6.07, 6.45) is 77.6. The minimum absolute atomic E-state index is 0.122. The van der Waals surface area contributed by atoms with Gasteiger partial charge in [0.2, 0.25) is 5.91 Å². The molecular weight excluding hydrogens is 1120 g/mol. The number of aliphatic hydroxyl groups excluding tert-OH is 5. The number of ether oxygens (including phenoxy) is 3. The lowest BCUT2D eigenvalue weighted by Crippen LogP contribution is -2.61. The van der Waals surface area contributed by atoms with Crippen LogP contribution in [0.2, 0.25) is 0 Å². The van der Waals surface area contributed by atoms with Crippen LogP contribution >= 0.6 is 0 Å². The Hall–Kier alpha value is -3.16. The third-order valence-electron chi connectivity index (χ3n) is 17.5. The topological polar surface area (TPSA) is 175 Å². The Morgan fingerprint density at radius 2 is 0.767 bits per heavy atom. The first-order chi connectivity index (χ1) is 44.2. The lowest BCUT2D eigenvalue weighted by atomic mass is 9.99. The second-order valence-electron chi connectivity index (χ2n) is 26.0. The molecule has 0 radical (unpaired) electrons. The molecule has 0 spiro atoms. The molecule has 1 aliphatic rings. The number of esters is 1. The molecule has 1 amide bonds. The number of rotatable bonds is 65. The number of aliphatic hydroxyl groups is 5. The summed E-state index contributed by atoms with van der Waals surface area (Å²) < 4.78 is 17.7. The molecule has 522 valence electrons. The summed E-state index contributed by atoms with van der Waals surface area (Å²) in [5.74, 6) is -1.19. The molecule has 1 saturated heterocycles. The minimum Gasteiger partial charge on any atom is -0.454 e. The molecule has 11 heteroatoms. The summed E-state index contributed by atoms with van der Waals surface area (Å²) in [6.45, 7) is 5.77. The van der Waals surface area contributed by atoms with Crippen molar-refractivity contribution in [3.8, 4) is 0 Å². The maximum absolute atomic E-state index is 13.5. The highest BCUT2D eigenvalue weighted by molar-refractivity contribution is 5.80. The molecule has 1 aliphatic heterocycles. The van der Waals surface area contributed by atoms with Crippen molar-refractivity contribution < 1.29 is 49.3 Å². The van der Waals surface area contributed by atoms with Gasteiger partial charge in [0.15, 0.2) is 12.4 Å². The van der Waals surface area contributed by atoms with Crippen molar-refractivity contribution in [1.82, 2.24) is 5.32 Å². The Bertz CT molecular complexity index is 1790. The van der Waals surface area contributed by atoms with Crippen LogP contribution in [0.3, 0.4) is 0 Å². The third-order valence-corrected chi connectivity index (χ3v) is 17.5. The number of hydrogen-bond donors (Lipinski definition) is 6. The Balaban J connectivity index is 2.54. The lowest BCUT2D eigenvalue weighted by molar-refractivity contribution is -0.305. The van der Waals surface area contributed by atoms with E-state index in [1.54, 1.807) is 6.08 Å². The van der Waals surface area contributed by atoms with Gasteiger partial charge in [-0.05, 0) is 103 Å². The second-order valence-corrected chi connectivity index (χ2v) is 26.0. The number of unbranched alkanes of at least 4 members (excludes halogenated alkanes) is 39. The van der Waals surface area contributed by atoms with E-state index in [0.29, 0.717) is 12.8 Å². The van der Waals surface area contributed by atoms with Crippen LogP contribution in [-0.4, -0.2) is 99.6 Å². The molecule has 8 atom stereocenters. The van der Waals surface area contributed by atoms with Crippen molar-refractivity contribution in [1.29, 1.82) is 0 Å². The molecule has 1 heterocycles. The summed E-state index contributed by atoms with van der Waals surface area (Å²) in [4.78, 5) is 26.7. The molecule has 8 unspecified atom stereocenters. The zero-order chi connectivity index (χ0) is 65.3. The number of amides is 1. The van der Waals surface area contributed by atoms with Crippen LogP contribution in [0.4, 0.5) is 0 Å². The molecule has 0 bridgehead atoms. The highest BCUT2D eigenvalue weighted by atomic mass is 16.7. The fourth-order valence-electron chi connectivity index (χ4n) is 11.6. The quantitative estimate of drug-likeness (QED) is 0.0195. The molecule has 0 aromatic carbocycles. The molecule has 0 saturated carbocycles. The largest absolute Gasteiger partial charge is 0.454 e. The van der Waals surface area contributed by atoms with Gasteiger partial charge in [0.25, 0.3) is 0 Å². The average molecular weight is 1260 g/mol. The van der Waals surface area contributed by atoms with Crippen molar-refractivity contribution in [3.05, 3.63) is 85.1 Å². The van der Waals surface area contributed by atoms with Crippen molar-refractivity contribution in [3.63, 3.8) is 0 Å². The summed E-state index contributed by atoms with van der Waals surface area (Å²) >= 11 is 0. The van der Waals surface area contributed by atoms with Crippen LogP contribution in [0.5, 0.6) is 0 Å². The van der Waals surface area contributed by atoms with Gasteiger partial charge in [0.1, 0.15) is 24.4 Å². The van der Waals surface area contributed by atoms with E-state index in [2.05, 4.69) is 99.0 Å². The van der Waals surface area contributed by atoms with Gasteiger partial charge in [-0.1, -0.05) is 318 Å². The predicted molar refractivity (Wildman–Crippen MR) is 379 cm³/mol.